The van der Waals surface area contributed by atoms with Gasteiger partial charge in [0.05, 0.1) is 16.1 Å². The lowest BCUT2D eigenvalue weighted by Gasteiger charge is -2.13. The van der Waals surface area contributed by atoms with Gasteiger partial charge in [0.2, 0.25) is 0 Å². The highest BCUT2D eigenvalue weighted by Gasteiger charge is 2.20. The topological polar surface area (TPSA) is 108 Å². The van der Waals surface area contributed by atoms with Crippen LogP contribution in [0.15, 0.2) is 53.4 Å². The van der Waals surface area contributed by atoms with E-state index in [2.05, 4.69) is 26.3 Å². The second-order valence-corrected chi connectivity index (χ2v) is 8.04. The quantitative estimate of drug-likeness (QED) is 0.682. The summed E-state index contributed by atoms with van der Waals surface area (Å²) >= 11 is 0. The number of nitrogens with one attached hydrogen (secondary N) is 2. The summed E-state index contributed by atoms with van der Waals surface area (Å²) in [5.74, 6) is 0.506. The van der Waals surface area contributed by atoms with E-state index in [-0.39, 0.29) is 10.7 Å². The zero-order valence-electron chi connectivity index (χ0n) is 15.7. The van der Waals surface area contributed by atoms with Gasteiger partial charge in [-0.15, -0.1) is 10.2 Å². The smallest absolute Gasteiger partial charge is 0.263 e. The van der Waals surface area contributed by atoms with Crippen molar-refractivity contribution < 1.29 is 8.42 Å². The van der Waals surface area contributed by atoms with Crippen LogP contribution < -0.4 is 10.0 Å². The third-order valence-electron chi connectivity index (χ3n) is 4.09. The molecule has 3 aromatic rings. The molecule has 0 fully saturated rings. The summed E-state index contributed by atoms with van der Waals surface area (Å²) in [6.45, 7) is 5.45. The van der Waals surface area contributed by atoms with Gasteiger partial charge in [0.1, 0.15) is 6.07 Å². The number of aromatic nitrogens is 2. The van der Waals surface area contributed by atoms with Crippen LogP contribution in [0, 0.1) is 32.1 Å². The Morgan fingerprint density at radius 3 is 2.14 bits per heavy atom. The van der Waals surface area contributed by atoms with E-state index in [9.17, 15) is 8.42 Å². The summed E-state index contributed by atoms with van der Waals surface area (Å²) < 4.78 is 28.0. The van der Waals surface area contributed by atoms with Crippen molar-refractivity contribution in [1.29, 1.82) is 5.26 Å². The highest BCUT2D eigenvalue weighted by Crippen LogP contribution is 2.24. The van der Waals surface area contributed by atoms with Crippen molar-refractivity contribution in [2.75, 3.05) is 10.0 Å². The molecule has 0 saturated carbocycles. The molecule has 1 heterocycles. The Morgan fingerprint density at radius 2 is 1.54 bits per heavy atom. The monoisotopic (exact) mass is 393 g/mol. The zero-order chi connectivity index (χ0) is 20.3. The summed E-state index contributed by atoms with van der Waals surface area (Å²) in [6.07, 6.45) is 0. The van der Waals surface area contributed by atoms with Crippen molar-refractivity contribution in [3.05, 3.63) is 70.8 Å². The van der Waals surface area contributed by atoms with Gasteiger partial charge in [0.25, 0.3) is 10.0 Å². The number of nitrogens with zero attached hydrogens (tertiary/aromatic N) is 3. The molecule has 0 atom stereocenters. The largest absolute Gasteiger partial charge is 0.338 e. The average molecular weight is 393 g/mol. The Kier molecular flexibility index (Phi) is 5.29. The van der Waals surface area contributed by atoms with Gasteiger partial charge in [-0.05, 0) is 56.2 Å². The molecule has 0 spiro atoms. The third kappa shape index (κ3) is 4.10. The summed E-state index contributed by atoms with van der Waals surface area (Å²) in [4.78, 5) is 0.241. The molecule has 8 heteroatoms. The van der Waals surface area contributed by atoms with Gasteiger partial charge in [0.15, 0.2) is 11.6 Å². The van der Waals surface area contributed by atoms with E-state index in [1.54, 1.807) is 44.2 Å². The van der Waals surface area contributed by atoms with Crippen molar-refractivity contribution in [2.45, 2.75) is 25.7 Å². The van der Waals surface area contributed by atoms with E-state index in [1.807, 2.05) is 19.1 Å². The zero-order valence-corrected chi connectivity index (χ0v) is 16.5. The van der Waals surface area contributed by atoms with Gasteiger partial charge < -0.3 is 5.32 Å². The van der Waals surface area contributed by atoms with E-state index >= 15 is 0 Å². The molecular formula is C20H19N5O2S. The van der Waals surface area contributed by atoms with Crippen LogP contribution in [0.5, 0.6) is 0 Å². The number of hydrogen-bond acceptors (Lipinski definition) is 6. The Bertz CT molecular complexity index is 1140. The van der Waals surface area contributed by atoms with Gasteiger partial charge in [-0.25, -0.2) is 8.42 Å². The highest BCUT2D eigenvalue weighted by atomic mass is 32.2. The fourth-order valence-corrected chi connectivity index (χ4v) is 4.51. The fraction of sp³-hybridized carbons (Fsp3) is 0.150. The molecule has 0 saturated heterocycles. The van der Waals surface area contributed by atoms with Crippen LogP contribution in [-0.4, -0.2) is 18.6 Å². The van der Waals surface area contributed by atoms with Crippen molar-refractivity contribution in [3.8, 4) is 6.07 Å². The van der Waals surface area contributed by atoms with Crippen molar-refractivity contribution in [2.24, 2.45) is 0 Å². The molecule has 0 amide bonds. The molecule has 0 aliphatic rings. The van der Waals surface area contributed by atoms with Crippen LogP contribution in [0.1, 0.15) is 22.3 Å². The fourth-order valence-electron chi connectivity index (χ4n) is 3.06. The maximum absolute atomic E-state index is 12.8. The number of aryl methyl sites for hydroxylation is 3. The average Bonchev–Trinajstić information content (AvgIpc) is 2.62. The van der Waals surface area contributed by atoms with Crippen molar-refractivity contribution in [1.82, 2.24) is 10.2 Å². The summed E-state index contributed by atoms with van der Waals surface area (Å²) in [5.41, 5.74) is 3.41. The normalized spacial score (nSPS) is 10.9. The van der Waals surface area contributed by atoms with Crippen LogP contribution in [0.3, 0.4) is 0 Å². The molecule has 1 aromatic heterocycles. The van der Waals surface area contributed by atoms with E-state index in [0.29, 0.717) is 28.2 Å². The van der Waals surface area contributed by atoms with Gasteiger partial charge in [-0.3, -0.25) is 4.72 Å². The van der Waals surface area contributed by atoms with Crippen LogP contribution in [-0.2, 0) is 10.0 Å². The second kappa shape index (κ2) is 7.66. The molecule has 142 valence electrons. The van der Waals surface area contributed by atoms with Crippen molar-refractivity contribution >= 4 is 27.3 Å². The van der Waals surface area contributed by atoms with Crippen LogP contribution in [0.4, 0.5) is 17.3 Å². The van der Waals surface area contributed by atoms with Crippen LogP contribution in [0.2, 0.25) is 0 Å². The molecule has 0 aliphatic carbocycles. The standard InChI is InChI=1S/C20H19N5O2S/c1-13-10-14(2)20(15(3)11-13)28(26,27)25-19-9-8-18(23-24-19)22-17-7-5-4-6-16(17)12-21/h4-11H,1-3H3,(H,22,23)(H,24,25). The summed E-state index contributed by atoms with van der Waals surface area (Å²) in [7, 11) is -3.79. The van der Waals surface area contributed by atoms with E-state index in [4.69, 9.17) is 5.26 Å². The van der Waals surface area contributed by atoms with E-state index in [1.165, 1.54) is 6.07 Å². The van der Waals surface area contributed by atoms with Gasteiger partial charge in [-0.2, -0.15) is 5.26 Å². The molecule has 7 nitrogen and oxygen atoms in total. The highest BCUT2D eigenvalue weighted by molar-refractivity contribution is 7.92. The SMILES string of the molecule is Cc1cc(C)c(S(=O)(=O)Nc2ccc(Nc3ccccc3C#N)nn2)c(C)c1. The first-order valence-electron chi connectivity index (χ1n) is 8.51. The molecule has 0 aliphatic heterocycles. The van der Waals surface area contributed by atoms with Gasteiger partial charge in [0, 0.05) is 0 Å². The first-order chi connectivity index (χ1) is 13.3. The lowest BCUT2D eigenvalue weighted by molar-refractivity contribution is 0.599. The summed E-state index contributed by atoms with van der Waals surface area (Å²) in [6, 6.07) is 15.8. The first-order valence-corrected chi connectivity index (χ1v) is 9.99. The number of hydrogen-bond donors (Lipinski definition) is 2. The number of rotatable bonds is 5. The molecular weight excluding hydrogens is 374 g/mol. The van der Waals surface area contributed by atoms with Crippen LogP contribution >= 0.6 is 0 Å². The number of benzene rings is 2. The predicted octanol–water partition coefficient (Wildman–Crippen LogP) is 3.82. The summed E-state index contributed by atoms with van der Waals surface area (Å²) in [5, 5.41) is 20.1. The van der Waals surface area contributed by atoms with E-state index < -0.39 is 10.0 Å². The Morgan fingerprint density at radius 1 is 0.929 bits per heavy atom. The minimum Gasteiger partial charge on any atom is -0.338 e. The van der Waals surface area contributed by atoms with E-state index in [0.717, 1.165) is 5.56 Å². The maximum Gasteiger partial charge on any atom is 0.263 e. The Hall–Kier alpha value is -3.44. The lowest BCUT2D eigenvalue weighted by atomic mass is 10.1. The molecule has 0 radical (unpaired) electrons. The Labute approximate surface area is 164 Å². The number of nitriles is 1. The minimum atomic E-state index is -3.79. The molecule has 2 aromatic carbocycles. The number of anilines is 3. The molecule has 0 unspecified atom stereocenters. The number of sulfonamides is 1. The van der Waals surface area contributed by atoms with Crippen molar-refractivity contribution in [3.63, 3.8) is 0 Å². The molecule has 28 heavy (non-hydrogen) atoms. The molecule has 3 rings (SSSR count). The maximum atomic E-state index is 12.8. The number of para-hydroxylation sites is 1. The second-order valence-electron chi connectivity index (χ2n) is 6.42. The lowest BCUT2D eigenvalue weighted by Crippen LogP contribution is -2.17. The first kappa shape index (κ1) is 19.3. The van der Waals surface area contributed by atoms with Crippen LogP contribution in [0.25, 0.3) is 0 Å². The molecule has 2 N–H and O–H groups in total. The Balaban J connectivity index is 1.82. The van der Waals surface area contributed by atoms with Gasteiger partial charge >= 0.3 is 0 Å². The minimum absolute atomic E-state index is 0.110. The molecule has 0 bridgehead atoms. The van der Waals surface area contributed by atoms with Gasteiger partial charge in [-0.1, -0.05) is 29.8 Å². The third-order valence-corrected chi connectivity index (χ3v) is 5.75. The predicted molar refractivity (Wildman–Crippen MR) is 108 cm³/mol.